The second-order valence-corrected chi connectivity index (χ2v) is 5.64. The molecule has 0 radical (unpaired) electrons. The quantitative estimate of drug-likeness (QED) is 0.564. The first-order chi connectivity index (χ1) is 10.4. The third kappa shape index (κ3) is 3.70. The van der Waals surface area contributed by atoms with Crippen molar-refractivity contribution in [3.63, 3.8) is 0 Å². The Bertz CT molecular complexity index is 675. The molecule has 2 heterocycles. The first-order valence-electron chi connectivity index (χ1n) is 6.45. The highest BCUT2D eigenvalue weighted by molar-refractivity contribution is 9.10. The van der Waals surface area contributed by atoms with E-state index in [1.807, 2.05) is 0 Å². The molecule has 10 heteroatoms. The Balaban J connectivity index is 1.90. The minimum atomic E-state index is -0.516. The van der Waals surface area contributed by atoms with Gasteiger partial charge in [-0.25, -0.2) is 0 Å². The van der Waals surface area contributed by atoms with Gasteiger partial charge in [0, 0.05) is 27.1 Å². The molecule has 2 aromatic heterocycles. The average Bonchev–Trinajstić information content (AvgIpc) is 3.06. The van der Waals surface area contributed by atoms with Crippen molar-refractivity contribution in [2.75, 3.05) is 7.05 Å². The van der Waals surface area contributed by atoms with Crippen LogP contribution in [0, 0.1) is 10.1 Å². The van der Waals surface area contributed by atoms with Crippen molar-refractivity contribution < 1.29 is 9.72 Å². The first-order valence-corrected chi connectivity index (χ1v) is 7.25. The fourth-order valence-electron chi connectivity index (χ4n) is 1.90. The van der Waals surface area contributed by atoms with Crippen LogP contribution >= 0.6 is 15.9 Å². The number of halogens is 1. The normalized spacial score (nSPS) is 10.7. The Morgan fingerprint density at radius 3 is 2.73 bits per heavy atom. The summed E-state index contributed by atoms with van der Waals surface area (Å²) >= 11 is 3.39. The molecular weight excluding hydrogens is 356 g/mol. The zero-order chi connectivity index (χ0) is 16.3. The fourth-order valence-corrected chi connectivity index (χ4v) is 2.37. The van der Waals surface area contributed by atoms with E-state index in [1.165, 1.54) is 17.1 Å². The topological polar surface area (TPSA) is 99.1 Å². The van der Waals surface area contributed by atoms with Crippen LogP contribution in [0.3, 0.4) is 0 Å². The lowest BCUT2D eigenvalue weighted by molar-refractivity contribution is -0.385. The van der Waals surface area contributed by atoms with Crippen LogP contribution in [0.2, 0.25) is 0 Å². The van der Waals surface area contributed by atoms with Gasteiger partial charge in [0.1, 0.15) is 12.4 Å². The van der Waals surface area contributed by atoms with E-state index in [2.05, 4.69) is 26.1 Å². The lowest BCUT2D eigenvalue weighted by Gasteiger charge is -2.17. The van der Waals surface area contributed by atoms with Crippen molar-refractivity contribution in [3.8, 4) is 0 Å². The lowest BCUT2D eigenvalue weighted by atomic mass is 10.3. The monoisotopic (exact) mass is 370 g/mol. The average molecular weight is 371 g/mol. The lowest BCUT2D eigenvalue weighted by Crippen LogP contribution is -2.28. The molecule has 0 saturated carbocycles. The summed E-state index contributed by atoms with van der Waals surface area (Å²) in [5, 5.41) is 18.5. The van der Waals surface area contributed by atoms with Crippen molar-refractivity contribution in [2.24, 2.45) is 7.05 Å². The van der Waals surface area contributed by atoms with Crippen molar-refractivity contribution >= 4 is 27.5 Å². The summed E-state index contributed by atoms with van der Waals surface area (Å²) in [6, 6.07) is 0. The van der Waals surface area contributed by atoms with E-state index in [0.29, 0.717) is 13.1 Å². The standard InChI is InChI=1S/C12H15BrN6O3/c1-16(8-11-10(13)6-14-17(11)2)12(20)3-4-18-7-9(5-15-18)19(21)22/h5-7H,3-4,8H2,1-2H3. The molecule has 0 aliphatic rings. The highest BCUT2D eigenvalue weighted by Gasteiger charge is 2.15. The van der Waals surface area contributed by atoms with Crippen molar-refractivity contribution in [1.29, 1.82) is 0 Å². The Morgan fingerprint density at radius 2 is 2.18 bits per heavy atom. The zero-order valence-electron chi connectivity index (χ0n) is 12.1. The van der Waals surface area contributed by atoms with Gasteiger partial charge in [-0.3, -0.25) is 24.3 Å². The molecule has 0 saturated heterocycles. The van der Waals surface area contributed by atoms with Gasteiger partial charge in [0.05, 0.1) is 27.8 Å². The Hall–Kier alpha value is -2.23. The first kappa shape index (κ1) is 16.1. The van der Waals surface area contributed by atoms with Crippen molar-refractivity contribution in [3.05, 3.63) is 38.9 Å². The number of hydrogen-bond acceptors (Lipinski definition) is 5. The summed E-state index contributed by atoms with van der Waals surface area (Å²) in [4.78, 5) is 23.7. The molecule has 0 N–H and O–H groups in total. The maximum absolute atomic E-state index is 12.1. The Kier molecular flexibility index (Phi) is 4.91. The van der Waals surface area contributed by atoms with Crippen LogP contribution in [0.15, 0.2) is 23.1 Å². The van der Waals surface area contributed by atoms with E-state index in [4.69, 9.17) is 0 Å². The number of rotatable bonds is 6. The minimum Gasteiger partial charge on any atom is -0.340 e. The molecule has 0 unspecified atom stereocenters. The van der Waals surface area contributed by atoms with E-state index in [0.717, 1.165) is 10.2 Å². The van der Waals surface area contributed by atoms with E-state index in [1.54, 1.807) is 29.9 Å². The number of carbonyl (C=O) groups excluding carboxylic acids is 1. The molecular formula is C12H15BrN6O3. The summed E-state index contributed by atoms with van der Waals surface area (Å²) < 4.78 is 3.94. The van der Waals surface area contributed by atoms with Gasteiger partial charge < -0.3 is 4.90 Å². The van der Waals surface area contributed by atoms with Gasteiger partial charge in [0.25, 0.3) is 0 Å². The largest absolute Gasteiger partial charge is 0.340 e. The number of nitrogens with zero attached hydrogens (tertiary/aromatic N) is 6. The molecule has 0 bridgehead atoms. The van der Waals surface area contributed by atoms with Crippen molar-refractivity contribution in [2.45, 2.75) is 19.5 Å². The summed E-state index contributed by atoms with van der Waals surface area (Å²) in [5.41, 5.74) is 0.810. The third-order valence-corrected chi connectivity index (χ3v) is 3.87. The molecule has 0 aliphatic heterocycles. The van der Waals surface area contributed by atoms with Crippen LogP contribution in [-0.2, 0) is 24.9 Å². The van der Waals surface area contributed by atoms with Gasteiger partial charge in [-0.15, -0.1) is 0 Å². The van der Waals surface area contributed by atoms with Gasteiger partial charge in [-0.1, -0.05) is 0 Å². The van der Waals surface area contributed by atoms with Gasteiger partial charge in [-0.05, 0) is 15.9 Å². The van der Waals surface area contributed by atoms with Crippen LogP contribution < -0.4 is 0 Å². The van der Waals surface area contributed by atoms with Crippen molar-refractivity contribution in [1.82, 2.24) is 24.5 Å². The Morgan fingerprint density at radius 1 is 1.45 bits per heavy atom. The van der Waals surface area contributed by atoms with Crippen LogP contribution in [0.1, 0.15) is 12.1 Å². The van der Waals surface area contributed by atoms with E-state index in [-0.39, 0.29) is 18.0 Å². The molecule has 22 heavy (non-hydrogen) atoms. The summed E-state index contributed by atoms with van der Waals surface area (Å²) in [6.45, 7) is 0.721. The predicted octanol–water partition coefficient (Wildman–Crippen LogP) is 1.34. The predicted molar refractivity (Wildman–Crippen MR) is 80.9 cm³/mol. The van der Waals surface area contributed by atoms with Crippen LogP contribution in [0.4, 0.5) is 5.69 Å². The van der Waals surface area contributed by atoms with Gasteiger partial charge >= 0.3 is 5.69 Å². The van der Waals surface area contributed by atoms with E-state index in [9.17, 15) is 14.9 Å². The highest BCUT2D eigenvalue weighted by atomic mass is 79.9. The third-order valence-electron chi connectivity index (χ3n) is 3.21. The van der Waals surface area contributed by atoms with Gasteiger partial charge in [-0.2, -0.15) is 10.2 Å². The Labute approximate surface area is 134 Å². The maximum Gasteiger partial charge on any atom is 0.306 e. The molecule has 0 fully saturated rings. The van der Waals surface area contributed by atoms with Gasteiger partial charge in [0.2, 0.25) is 5.91 Å². The minimum absolute atomic E-state index is 0.0775. The summed E-state index contributed by atoms with van der Waals surface area (Å²) in [5.74, 6) is -0.0775. The number of hydrogen-bond donors (Lipinski definition) is 0. The fraction of sp³-hybridized carbons (Fsp3) is 0.417. The number of aryl methyl sites for hydroxylation is 2. The SMILES string of the molecule is CN(Cc1c(Br)cnn1C)C(=O)CCn1cc([N+](=O)[O-])cn1. The number of aromatic nitrogens is 4. The van der Waals surface area contributed by atoms with Gasteiger partial charge in [0.15, 0.2) is 0 Å². The molecule has 0 aliphatic carbocycles. The van der Waals surface area contributed by atoms with E-state index < -0.39 is 4.92 Å². The van der Waals surface area contributed by atoms with Crippen LogP contribution in [-0.4, -0.2) is 42.3 Å². The number of amides is 1. The van der Waals surface area contributed by atoms with E-state index >= 15 is 0 Å². The van der Waals surface area contributed by atoms with Crippen LogP contribution in [0.5, 0.6) is 0 Å². The molecule has 118 valence electrons. The molecule has 1 amide bonds. The molecule has 2 aromatic rings. The highest BCUT2D eigenvalue weighted by Crippen LogP contribution is 2.17. The summed E-state index contributed by atoms with van der Waals surface area (Å²) in [7, 11) is 3.51. The van der Waals surface area contributed by atoms with Crippen LogP contribution in [0.25, 0.3) is 0 Å². The smallest absolute Gasteiger partial charge is 0.306 e. The molecule has 2 rings (SSSR count). The molecule has 9 nitrogen and oxygen atoms in total. The second kappa shape index (κ2) is 6.69. The number of nitro groups is 1. The maximum atomic E-state index is 12.1. The summed E-state index contributed by atoms with van der Waals surface area (Å²) in [6.07, 6.45) is 4.37. The molecule has 0 aromatic carbocycles. The molecule has 0 spiro atoms. The molecule has 0 atom stereocenters. The number of carbonyl (C=O) groups is 1. The second-order valence-electron chi connectivity index (χ2n) is 4.78. The zero-order valence-corrected chi connectivity index (χ0v) is 13.7.